The van der Waals surface area contributed by atoms with Crippen LogP contribution >= 0.6 is 27.5 Å². The Labute approximate surface area is 166 Å². The van der Waals surface area contributed by atoms with Crippen LogP contribution in [0.1, 0.15) is 25.0 Å². The number of carbonyl (C=O) groups excluding carboxylic acids is 1. The number of hydrogen-bond acceptors (Lipinski definition) is 3. The van der Waals surface area contributed by atoms with Crippen LogP contribution in [0.3, 0.4) is 0 Å². The maximum atomic E-state index is 12.9. The summed E-state index contributed by atoms with van der Waals surface area (Å²) in [5.74, 6) is -0.111. The zero-order valence-electron chi connectivity index (χ0n) is 14.5. The summed E-state index contributed by atoms with van der Waals surface area (Å²) in [6, 6.07) is 8.28. The minimum Gasteiger partial charge on any atom is -0.309 e. The minimum absolute atomic E-state index is 0.00350. The van der Waals surface area contributed by atoms with Gasteiger partial charge in [0, 0.05) is 28.1 Å². The van der Waals surface area contributed by atoms with E-state index in [2.05, 4.69) is 20.7 Å². The third kappa shape index (κ3) is 3.48. The maximum absolute atomic E-state index is 12.9. The van der Waals surface area contributed by atoms with Crippen LogP contribution in [0.2, 0.25) is 5.02 Å². The van der Waals surface area contributed by atoms with Gasteiger partial charge in [0.2, 0.25) is 5.91 Å². The maximum Gasteiger partial charge on any atom is 0.263 e. The number of nitrogens with zero attached hydrogens (tertiary/aromatic N) is 1. The molecular formula is C18H18BrClN2O3S. The molecule has 0 aromatic heterocycles. The molecule has 0 spiro atoms. The molecule has 0 radical (unpaired) electrons. The number of hydrogen-bond donors (Lipinski definition) is 1. The van der Waals surface area contributed by atoms with Crippen molar-refractivity contribution in [2.45, 2.75) is 38.1 Å². The first-order valence-electron chi connectivity index (χ1n) is 8.01. The molecule has 1 atom stereocenters. The Bertz CT molecular complexity index is 1010. The van der Waals surface area contributed by atoms with Crippen molar-refractivity contribution < 1.29 is 13.2 Å². The number of halogens is 2. The highest BCUT2D eigenvalue weighted by molar-refractivity contribution is 9.10. The van der Waals surface area contributed by atoms with Gasteiger partial charge in [-0.1, -0.05) is 17.7 Å². The van der Waals surface area contributed by atoms with Crippen LogP contribution in [-0.2, 0) is 21.2 Å². The summed E-state index contributed by atoms with van der Waals surface area (Å²) in [4.78, 5) is 13.7. The fraction of sp³-hybridized carbons (Fsp3) is 0.278. The number of fused-ring (bicyclic) bond motifs is 1. The van der Waals surface area contributed by atoms with E-state index in [4.69, 9.17) is 11.6 Å². The Balaban J connectivity index is 2.03. The third-order valence-corrected chi connectivity index (χ3v) is 7.15. The van der Waals surface area contributed by atoms with Crippen LogP contribution in [0.25, 0.3) is 0 Å². The molecule has 138 valence electrons. The van der Waals surface area contributed by atoms with Gasteiger partial charge in [-0.2, -0.15) is 0 Å². The van der Waals surface area contributed by atoms with Crippen LogP contribution in [0.4, 0.5) is 11.4 Å². The van der Waals surface area contributed by atoms with Gasteiger partial charge in [0.15, 0.2) is 0 Å². The number of anilines is 2. The van der Waals surface area contributed by atoms with Gasteiger partial charge in [0.25, 0.3) is 10.0 Å². The smallest absolute Gasteiger partial charge is 0.263 e. The van der Waals surface area contributed by atoms with Crippen LogP contribution in [0, 0.1) is 6.92 Å². The minimum atomic E-state index is -3.86. The lowest BCUT2D eigenvalue weighted by molar-refractivity contribution is -0.116. The molecular weight excluding hydrogens is 440 g/mol. The lowest BCUT2D eigenvalue weighted by atomic mass is 10.1. The number of carbonyl (C=O) groups is 1. The Hall–Kier alpha value is -1.57. The van der Waals surface area contributed by atoms with E-state index in [0.717, 1.165) is 11.1 Å². The normalized spacial score (nSPS) is 16.5. The van der Waals surface area contributed by atoms with E-state index in [9.17, 15) is 13.2 Å². The molecule has 5 nitrogen and oxygen atoms in total. The highest BCUT2D eigenvalue weighted by Gasteiger charge is 2.32. The molecule has 2 aromatic rings. The van der Waals surface area contributed by atoms with Gasteiger partial charge in [0.05, 0.1) is 5.69 Å². The molecule has 0 saturated heterocycles. The van der Waals surface area contributed by atoms with Gasteiger partial charge in [0.1, 0.15) is 4.90 Å². The summed E-state index contributed by atoms with van der Waals surface area (Å²) >= 11 is 9.43. The van der Waals surface area contributed by atoms with Crippen molar-refractivity contribution in [3.8, 4) is 0 Å². The topological polar surface area (TPSA) is 66.5 Å². The second-order valence-corrected chi connectivity index (χ2v) is 9.34. The average Bonchev–Trinajstić information content (AvgIpc) is 2.84. The molecule has 26 heavy (non-hydrogen) atoms. The monoisotopic (exact) mass is 456 g/mol. The first-order valence-corrected chi connectivity index (χ1v) is 10.7. The molecule has 1 heterocycles. The fourth-order valence-electron chi connectivity index (χ4n) is 3.17. The molecule has 0 saturated carbocycles. The van der Waals surface area contributed by atoms with E-state index in [-0.39, 0.29) is 16.8 Å². The van der Waals surface area contributed by atoms with Crippen molar-refractivity contribution in [2.75, 3.05) is 9.62 Å². The molecule has 0 unspecified atom stereocenters. The SMILES string of the molecule is CC(=O)N1c2cc(S(=O)(=O)Nc3ccc(C)c(Cl)c3)c(Br)cc2C[C@@H]1C. The molecule has 0 fully saturated rings. The van der Waals surface area contributed by atoms with Crippen molar-refractivity contribution in [3.05, 3.63) is 51.0 Å². The quantitative estimate of drug-likeness (QED) is 0.737. The zero-order valence-corrected chi connectivity index (χ0v) is 17.7. The lowest BCUT2D eigenvalue weighted by Gasteiger charge is -2.21. The summed E-state index contributed by atoms with van der Waals surface area (Å²) in [6.07, 6.45) is 0.689. The fourth-order valence-corrected chi connectivity index (χ4v) is 5.51. The average molecular weight is 458 g/mol. The van der Waals surface area contributed by atoms with Crippen LogP contribution in [-0.4, -0.2) is 20.4 Å². The molecule has 0 aliphatic carbocycles. The number of amides is 1. The van der Waals surface area contributed by atoms with Crippen molar-refractivity contribution >= 4 is 54.8 Å². The van der Waals surface area contributed by atoms with E-state index < -0.39 is 10.0 Å². The molecule has 1 amide bonds. The largest absolute Gasteiger partial charge is 0.309 e. The zero-order chi connectivity index (χ0) is 19.2. The first-order chi connectivity index (χ1) is 12.1. The number of nitrogens with one attached hydrogen (secondary N) is 1. The van der Waals surface area contributed by atoms with Crippen molar-refractivity contribution in [1.82, 2.24) is 0 Å². The van der Waals surface area contributed by atoms with Gasteiger partial charge in [-0.25, -0.2) is 8.42 Å². The standard InChI is InChI=1S/C18H18BrClN2O3S/c1-10-4-5-14(8-16(10)20)21-26(24,25)18-9-17-13(7-15(18)19)6-11(2)22(17)12(3)23/h4-5,7-9,11,21H,6H2,1-3H3/t11-/m0/s1. The van der Waals surface area contributed by atoms with E-state index >= 15 is 0 Å². The van der Waals surface area contributed by atoms with Crippen LogP contribution in [0.5, 0.6) is 0 Å². The second-order valence-electron chi connectivity index (χ2n) is 6.42. The number of aryl methyl sites for hydroxylation is 1. The predicted molar refractivity (Wildman–Crippen MR) is 107 cm³/mol. The molecule has 1 aliphatic heterocycles. The summed E-state index contributed by atoms with van der Waals surface area (Å²) < 4.78 is 28.8. The highest BCUT2D eigenvalue weighted by atomic mass is 79.9. The van der Waals surface area contributed by atoms with E-state index in [1.54, 1.807) is 35.2 Å². The Morgan fingerprint density at radius 3 is 2.62 bits per heavy atom. The molecule has 1 aliphatic rings. The molecule has 1 N–H and O–H groups in total. The third-order valence-electron chi connectivity index (χ3n) is 4.40. The number of rotatable bonds is 3. The second kappa shape index (κ2) is 6.87. The van der Waals surface area contributed by atoms with Crippen molar-refractivity contribution in [1.29, 1.82) is 0 Å². The van der Waals surface area contributed by atoms with E-state index in [1.807, 2.05) is 13.8 Å². The highest BCUT2D eigenvalue weighted by Crippen LogP contribution is 2.38. The summed E-state index contributed by atoms with van der Waals surface area (Å²) in [5, 5.41) is 0.481. The Morgan fingerprint density at radius 2 is 2.00 bits per heavy atom. The first kappa shape index (κ1) is 19.2. The van der Waals surface area contributed by atoms with Gasteiger partial charge < -0.3 is 4.90 Å². The van der Waals surface area contributed by atoms with Gasteiger partial charge in [-0.15, -0.1) is 0 Å². The van der Waals surface area contributed by atoms with E-state index in [1.165, 1.54) is 6.92 Å². The lowest BCUT2D eigenvalue weighted by Crippen LogP contribution is -2.33. The van der Waals surface area contributed by atoms with Gasteiger partial charge in [-0.3, -0.25) is 9.52 Å². The Morgan fingerprint density at radius 1 is 1.31 bits per heavy atom. The predicted octanol–water partition coefficient (Wildman–Crippen LogP) is 4.51. The summed E-state index contributed by atoms with van der Waals surface area (Å²) in [7, 11) is -3.86. The Kier molecular flexibility index (Phi) is 5.07. The van der Waals surface area contributed by atoms with Crippen LogP contribution < -0.4 is 9.62 Å². The molecule has 2 aromatic carbocycles. The summed E-state index contributed by atoms with van der Waals surface area (Å²) in [6.45, 7) is 5.26. The molecule has 8 heteroatoms. The number of sulfonamides is 1. The molecule has 0 bridgehead atoms. The van der Waals surface area contributed by atoms with Crippen LogP contribution in [0.15, 0.2) is 39.7 Å². The van der Waals surface area contributed by atoms with Gasteiger partial charge >= 0.3 is 0 Å². The van der Waals surface area contributed by atoms with Crippen molar-refractivity contribution in [2.24, 2.45) is 0 Å². The van der Waals surface area contributed by atoms with Crippen molar-refractivity contribution in [3.63, 3.8) is 0 Å². The molecule has 3 rings (SSSR count). The van der Waals surface area contributed by atoms with E-state index in [0.29, 0.717) is 27.3 Å². The van der Waals surface area contributed by atoms with Gasteiger partial charge in [-0.05, 0) is 71.6 Å². The number of benzene rings is 2. The summed E-state index contributed by atoms with van der Waals surface area (Å²) in [5.41, 5.74) is 2.82.